The predicted molar refractivity (Wildman–Crippen MR) is 314 cm³/mol. The van der Waals surface area contributed by atoms with Crippen molar-refractivity contribution in [2.75, 3.05) is 0 Å². The highest BCUT2D eigenvalue weighted by Gasteiger charge is 2.30. The lowest BCUT2D eigenvalue weighted by Crippen LogP contribution is -2.34. The lowest BCUT2D eigenvalue weighted by atomic mass is 9.98. The van der Waals surface area contributed by atoms with Gasteiger partial charge < -0.3 is 44.1 Å². The lowest BCUT2D eigenvalue weighted by molar-refractivity contribution is -0.158. The summed E-state index contributed by atoms with van der Waals surface area (Å²) in [5, 5.41) is 35.7. The molecule has 19 nitrogen and oxygen atoms in total. The Morgan fingerprint density at radius 2 is 0.535 bits per heavy atom. The highest BCUT2D eigenvalue weighted by Crippen LogP contribution is 2.24. The average Bonchev–Trinajstić information content (AvgIpc) is 4.19. The van der Waals surface area contributed by atoms with Gasteiger partial charge >= 0.3 is 29.8 Å². The first-order chi connectivity index (χ1) is 40.8. The number of carbonyl (C=O) groups is 10. The maximum atomic E-state index is 12.1. The van der Waals surface area contributed by atoms with Crippen molar-refractivity contribution < 1.29 is 92.1 Å². The predicted octanol–water partition coefficient (Wildman–Crippen LogP) is 9.37. The molecule has 8 rings (SSSR count). The summed E-state index contributed by atoms with van der Waals surface area (Å²) in [6.45, 7) is 4.34. The van der Waals surface area contributed by atoms with Crippen molar-refractivity contribution in [3.8, 4) is 0 Å². The van der Waals surface area contributed by atoms with Crippen LogP contribution in [-0.4, -0.2) is 110 Å². The van der Waals surface area contributed by atoms with Gasteiger partial charge in [0.05, 0.1) is 26.4 Å². The summed E-state index contributed by atoms with van der Waals surface area (Å²) in [5.74, 6) is -8.04. The number of benzene rings is 5. The van der Waals surface area contributed by atoms with Gasteiger partial charge in [0.15, 0.2) is 0 Å². The fraction of sp³-hybridized carbons (Fsp3) is 0.403. The van der Waals surface area contributed by atoms with E-state index in [0.717, 1.165) is 82.6 Å². The average molecular weight is 1190 g/mol. The maximum absolute atomic E-state index is 12.1. The number of hydrogen-bond acceptors (Lipinski definition) is 19. The van der Waals surface area contributed by atoms with Gasteiger partial charge in [-0.15, -0.1) is 0 Å². The summed E-state index contributed by atoms with van der Waals surface area (Å²) in [6.07, 6.45) is 11.6. The summed E-state index contributed by atoms with van der Waals surface area (Å²) in [7, 11) is 0. The molecule has 3 aliphatic rings. The van der Waals surface area contributed by atoms with E-state index in [2.05, 4.69) is 0 Å². The molecule has 3 fully saturated rings. The molecule has 0 saturated heterocycles. The van der Waals surface area contributed by atoms with Gasteiger partial charge in [-0.3, -0.25) is 24.0 Å². The van der Waals surface area contributed by atoms with Crippen molar-refractivity contribution in [2.24, 2.45) is 0 Å². The molecule has 5 aromatic rings. The van der Waals surface area contributed by atoms with Crippen molar-refractivity contribution in [1.82, 2.24) is 0 Å². The fourth-order valence-electron chi connectivity index (χ4n) is 8.96. The van der Waals surface area contributed by atoms with E-state index in [1.807, 2.05) is 6.92 Å². The lowest BCUT2D eigenvalue weighted by Gasteiger charge is -2.21. The highest BCUT2D eigenvalue weighted by molar-refractivity contribution is 6.42. The fourth-order valence-corrected chi connectivity index (χ4v) is 8.96. The quantitative estimate of drug-likeness (QED) is 0.0244. The van der Waals surface area contributed by atoms with Gasteiger partial charge in [-0.05, 0) is 120 Å². The summed E-state index contributed by atoms with van der Waals surface area (Å²) < 4.78 is 25.7. The van der Waals surface area contributed by atoms with Gasteiger partial charge in [-0.25, -0.2) is 24.0 Å². The second kappa shape index (κ2) is 36.5. The molecule has 5 aromatic carbocycles. The van der Waals surface area contributed by atoms with Gasteiger partial charge in [-0.2, -0.15) is 0 Å². The number of hydrogen-bond donors (Lipinski definition) is 4. The first-order valence-corrected chi connectivity index (χ1v) is 28.5. The summed E-state index contributed by atoms with van der Waals surface area (Å²) in [5.41, 5.74) is 4.87. The van der Waals surface area contributed by atoms with Crippen LogP contribution in [0.4, 0.5) is 0 Å². The third kappa shape index (κ3) is 22.6. The normalized spacial score (nSPS) is 14.6. The van der Waals surface area contributed by atoms with Crippen LogP contribution in [0.5, 0.6) is 0 Å². The Kier molecular flexibility index (Phi) is 29.7. The number of rotatable bonds is 20. The van der Waals surface area contributed by atoms with E-state index in [-0.39, 0.29) is 63.3 Å². The van der Waals surface area contributed by atoms with Gasteiger partial charge in [0, 0.05) is 27.8 Å². The Hall–Kier alpha value is -8.36. The Morgan fingerprint density at radius 1 is 0.337 bits per heavy atom. The largest absolute Gasteiger partial charge is 0.456 e. The zero-order valence-electron chi connectivity index (χ0n) is 48.1. The molecule has 460 valence electrons. The summed E-state index contributed by atoms with van der Waals surface area (Å²) in [6, 6.07) is 31.3. The van der Waals surface area contributed by atoms with E-state index >= 15 is 0 Å². The number of carbonyl (C=O) groups excluding carboxylic acids is 10. The number of ketones is 5. The molecule has 0 radical (unpaired) electrons. The molecule has 0 heterocycles. The zero-order chi connectivity index (χ0) is 61.8. The Bertz CT molecular complexity index is 2930. The maximum Gasteiger partial charge on any atom is 0.380 e. The molecule has 0 amide bonds. The number of esters is 5. The van der Waals surface area contributed by atoms with Crippen molar-refractivity contribution in [2.45, 2.75) is 175 Å². The third-order valence-electron chi connectivity index (χ3n) is 14.3. The van der Waals surface area contributed by atoms with Crippen LogP contribution in [0.1, 0.15) is 191 Å². The van der Waals surface area contributed by atoms with Crippen LogP contribution < -0.4 is 0 Å². The van der Waals surface area contributed by atoms with Crippen LogP contribution in [0, 0.1) is 6.92 Å². The second-order valence-electron chi connectivity index (χ2n) is 20.8. The van der Waals surface area contributed by atoms with Crippen LogP contribution in [0.25, 0.3) is 0 Å². The molecule has 0 aliphatic heterocycles. The van der Waals surface area contributed by atoms with E-state index < -0.39 is 71.0 Å². The third-order valence-corrected chi connectivity index (χ3v) is 14.3. The molecular weight excluding hydrogens is 1110 g/mol. The molecule has 3 saturated carbocycles. The molecular formula is C67H78O19. The monoisotopic (exact) mass is 1190 g/mol. The number of aliphatic hydroxyl groups is 4. The topological polar surface area (TPSA) is 298 Å². The minimum absolute atomic E-state index is 0. The Labute approximate surface area is 501 Å². The second-order valence-corrected chi connectivity index (χ2v) is 20.8. The molecule has 86 heavy (non-hydrogen) atoms. The van der Waals surface area contributed by atoms with E-state index in [1.165, 1.54) is 99.5 Å². The minimum atomic E-state index is -1.11. The Morgan fingerprint density at radius 3 is 0.756 bits per heavy atom. The molecule has 0 aromatic heterocycles. The number of aryl methyl sites for hydroxylation is 1. The standard InChI is InChI=1S/C22H22O7.2C15H18O4.C14H16O4.CH4/c1-13-4-8-17(9-5-13)19(24)21(26)28-14(2)15(3)29-22(27)20(25)18-10-6-16(12-23)7-11-18;2*16-10-11-6-8-12(9-7-11)14(17)15(18)19-13-4-2-1-3-5-13;15-9-10-5-7-11(8-6-10)13(16)14(17)18-12-3-1-2-4-12;/h4-11,14-15,23H,12H2,1-3H3;2*6-9,13,16H,1-5,10H2;5-8,12,15H,1-4,9H2;1H4. The van der Waals surface area contributed by atoms with Crippen molar-refractivity contribution in [3.63, 3.8) is 0 Å². The van der Waals surface area contributed by atoms with E-state index in [0.29, 0.717) is 38.9 Å². The highest BCUT2D eigenvalue weighted by atomic mass is 16.6. The summed E-state index contributed by atoms with van der Waals surface area (Å²) in [4.78, 5) is 119. The van der Waals surface area contributed by atoms with Crippen LogP contribution in [-0.2, 0) is 74.1 Å². The first kappa shape index (κ1) is 70.1. The molecule has 0 spiro atoms. The van der Waals surface area contributed by atoms with Gasteiger partial charge in [-0.1, -0.05) is 147 Å². The molecule has 3 aliphatic carbocycles. The van der Waals surface area contributed by atoms with Crippen LogP contribution >= 0.6 is 0 Å². The zero-order valence-corrected chi connectivity index (χ0v) is 48.1. The Balaban J connectivity index is 0.000000250. The molecule has 2 unspecified atom stereocenters. The first-order valence-electron chi connectivity index (χ1n) is 28.5. The SMILES string of the molecule is C.Cc1ccc(C(=O)C(=O)OC(C)C(C)OC(=O)C(=O)c2ccc(CO)cc2)cc1.O=C(OC1CCCC1)C(=O)c1ccc(CO)cc1.O=C(OC1CCCCC1)C(=O)c1ccc(CO)cc1.O=C(OC1CCCCC1)C(=O)c1ccc(CO)cc1. The minimum Gasteiger partial charge on any atom is -0.456 e. The number of ether oxygens (including phenoxy) is 5. The van der Waals surface area contributed by atoms with E-state index in [9.17, 15) is 47.9 Å². The van der Waals surface area contributed by atoms with Gasteiger partial charge in [0.1, 0.15) is 30.5 Å². The molecule has 2 atom stereocenters. The van der Waals surface area contributed by atoms with Crippen molar-refractivity contribution in [3.05, 3.63) is 177 Å². The van der Waals surface area contributed by atoms with Crippen LogP contribution in [0.2, 0.25) is 0 Å². The van der Waals surface area contributed by atoms with Crippen LogP contribution in [0.3, 0.4) is 0 Å². The number of aliphatic hydroxyl groups excluding tert-OH is 4. The smallest absolute Gasteiger partial charge is 0.380 e. The summed E-state index contributed by atoms with van der Waals surface area (Å²) >= 11 is 0. The van der Waals surface area contributed by atoms with E-state index in [1.54, 1.807) is 48.5 Å². The number of Topliss-reactive ketones (excluding diaryl/α,β-unsaturated/α-hetero) is 5. The molecule has 19 heteroatoms. The molecule has 4 N–H and O–H groups in total. The van der Waals surface area contributed by atoms with Gasteiger partial charge in [0.2, 0.25) is 0 Å². The molecule has 0 bridgehead atoms. The van der Waals surface area contributed by atoms with Crippen molar-refractivity contribution in [1.29, 1.82) is 0 Å². The van der Waals surface area contributed by atoms with Crippen molar-refractivity contribution >= 4 is 58.8 Å². The van der Waals surface area contributed by atoms with Gasteiger partial charge in [0.25, 0.3) is 28.9 Å². The van der Waals surface area contributed by atoms with E-state index in [4.69, 9.17) is 44.1 Å². The van der Waals surface area contributed by atoms with Crippen LogP contribution in [0.15, 0.2) is 121 Å².